The molecular formula is C17H26ClN2O+. The maximum Gasteiger partial charge on any atom is 0.278 e. The molecule has 116 valence electrons. The fourth-order valence-corrected chi connectivity index (χ4v) is 3.16. The van der Waals surface area contributed by atoms with Crippen LogP contribution in [0.25, 0.3) is 0 Å². The lowest BCUT2D eigenvalue weighted by atomic mass is 10.1. The first-order valence-corrected chi connectivity index (χ1v) is 8.42. The van der Waals surface area contributed by atoms with Crippen LogP contribution >= 0.6 is 11.6 Å². The van der Waals surface area contributed by atoms with Crippen molar-refractivity contribution in [2.75, 3.05) is 13.1 Å². The lowest BCUT2D eigenvalue weighted by molar-refractivity contribution is -0.915. The Morgan fingerprint density at radius 3 is 2.48 bits per heavy atom. The molecule has 1 aromatic rings. The van der Waals surface area contributed by atoms with E-state index in [0.29, 0.717) is 11.6 Å². The van der Waals surface area contributed by atoms with Crippen LogP contribution in [0.5, 0.6) is 0 Å². The predicted molar refractivity (Wildman–Crippen MR) is 86.5 cm³/mol. The molecule has 0 bridgehead atoms. The van der Waals surface area contributed by atoms with Gasteiger partial charge in [-0.3, -0.25) is 4.79 Å². The summed E-state index contributed by atoms with van der Waals surface area (Å²) in [5.41, 5.74) is 0.974. The number of likely N-dealkylation sites (tertiary alicyclic amines) is 1. The number of benzene rings is 1. The molecule has 1 amide bonds. The number of quaternary nitrogens is 1. The second-order valence-electron chi connectivity index (χ2n) is 5.96. The number of halogens is 1. The molecule has 0 unspecified atom stereocenters. The van der Waals surface area contributed by atoms with Gasteiger partial charge in [-0.05, 0) is 44.2 Å². The van der Waals surface area contributed by atoms with Crippen LogP contribution in [0, 0.1) is 0 Å². The van der Waals surface area contributed by atoms with E-state index in [9.17, 15) is 4.79 Å². The number of hydrogen-bond donors (Lipinski definition) is 2. The lowest BCUT2D eigenvalue weighted by Gasteiger charge is -2.27. The van der Waals surface area contributed by atoms with Gasteiger partial charge >= 0.3 is 0 Å². The van der Waals surface area contributed by atoms with Crippen molar-refractivity contribution in [2.45, 2.75) is 51.6 Å². The Balaban J connectivity index is 1.85. The molecular weight excluding hydrogens is 284 g/mol. The molecule has 1 atom stereocenters. The standard InChI is InChI=1S/C17H25ClN2O/c1-14(20-11-7-3-2-4-8-12-20)17(21)19-13-15-9-5-6-10-16(15)18/h5-6,9-10,14H,2-4,7-8,11-13H2,1H3,(H,19,21)/p+1/t14-/m0/s1. The summed E-state index contributed by atoms with van der Waals surface area (Å²) in [5.74, 6) is 0.130. The summed E-state index contributed by atoms with van der Waals surface area (Å²) in [6.45, 7) is 4.77. The van der Waals surface area contributed by atoms with Crippen LogP contribution in [-0.4, -0.2) is 25.0 Å². The number of rotatable bonds is 4. The molecule has 1 aliphatic heterocycles. The van der Waals surface area contributed by atoms with Crippen molar-refractivity contribution in [3.05, 3.63) is 34.9 Å². The summed E-state index contributed by atoms with van der Waals surface area (Å²) in [5, 5.41) is 3.74. The van der Waals surface area contributed by atoms with Crippen molar-refractivity contribution < 1.29 is 9.69 Å². The number of nitrogens with one attached hydrogen (secondary N) is 2. The maximum atomic E-state index is 12.4. The number of hydrogen-bond acceptors (Lipinski definition) is 1. The van der Waals surface area contributed by atoms with Gasteiger partial charge in [0.05, 0.1) is 13.1 Å². The Hall–Kier alpha value is -1.06. The molecule has 1 aliphatic rings. The predicted octanol–water partition coefficient (Wildman–Crippen LogP) is 2.19. The van der Waals surface area contributed by atoms with E-state index < -0.39 is 0 Å². The van der Waals surface area contributed by atoms with Crippen LogP contribution in [0.4, 0.5) is 0 Å². The van der Waals surface area contributed by atoms with E-state index in [1.54, 1.807) is 0 Å². The van der Waals surface area contributed by atoms with E-state index in [0.717, 1.165) is 18.7 Å². The van der Waals surface area contributed by atoms with Gasteiger partial charge in [0.25, 0.3) is 5.91 Å². The van der Waals surface area contributed by atoms with Crippen LogP contribution in [0.1, 0.15) is 44.6 Å². The van der Waals surface area contributed by atoms with Gasteiger partial charge in [0.1, 0.15) is 0 Å². The van der Waals surface area contributed by atoms with Gasteiger partial charge in [-0.1, -0.05) is 36.2 Å². The van der Waals surface area contributed by atoms with Gasteiger partial charge in [-0.15, -0.1) is 0 Å². The summed E-state index contributed by atoms with van der Waals surface area (Å²) in [6.07, 6.45) is 6.42. The highest BCUT2D eigenvalue weighted by Gasteiger charge is 2.24. The molecule has 4 heteroatoms. The normalized spacial score (nSPS) is 18.6. The van der Waals surface area contributed by atoms with Gasteiger partial charge in [-0.2, -0.15) is 0 Å². The van der Waals surface area contributed by atoms with Crippen molar-refractivity contribution in [1.82, 2.24) is 5.32 Å². The molecule has 1 heterocycles. The van der Waals surface area contributed by atoms with Crippen LogP contribution in [0.15, 0.2) is 24.3 Å². The van der Waals surface area contributed by atoms with E-state index in [4.69, 9.17) is 11.6 Å². The first-order chi connectivity index (χ1) is 10.2. The van der Waals surface area contributed by atoms with Crippen molar-refractivity contribution in [1.29, 1.82) is 0 Å². The highest BCUT2D eigenvalue weighted by atomic mass is 35.5. The largest absolute Gasteiger partial charge is 0.347 e. The minimum atomic E-state index is 0.0191. The van der Waals surface area contributed by atoms with Crippen molar-refractivity contribution in [3.63, 3.8) is 0 Å². The molecule has 1 saturated heterocycles. The minimum Gasteiger partial charge on any atom is -0.347 e. The van der Waals surface area contributed by atoms with E-state index in [1.807, 2.05) is 31.2 Å². The molecule has 2 rings (SSSR count). The maximum absolute atomic E-state index is 12.4. The van der Waals surface area contributed by atoms with Gasteiger partial charge in [-0.25, -0.2) is 0 Å². The number of carbonyl (C=O) groups excluding carboxylic acids is 1. The minimum absolute atomic E-state index is 0.0191. The molecule has 0 spiro atoms. The molecule has 3 nitrogen and oxygen atoms in total. The molecule has 2 N–H and O–H groups in total. The Labute approximate surface area is 132 Å². The highest BCUT2D eigenvalue weighted by Crippen LogP contribution is 2.14. The Morgan fingerprint density at radius 1 is 1.19 bits per heavy atom. The molecule has 0 aromatic heterocycles. The Bertz CT molecular complexity index is 456. The quantitative estimate of drug-likeness (QED) is 0.878. The second-order valence-corrected chi connectivity index (χ2v) is 6.36. The Morgan fingerprint density at radius 2 is 1.81 bits per heavy atom. The third-order valence-corrected chi connectivity index (χ3v) is 4.78. The van der Waals surface area contributed by atoms with Gasteiger partial charge < -0.3 is 10.2 Å². The van der Waals surface area contributed by atoms with Crippen LogP contribution < -0.4 is 10.2 Å². The van der Waals surface area contributed by atoms with Crippen LogP contribution in [-0.2, 0) is 11.3 Å². The van der Waals surface area contributed by atoms with E-state index in [-0.39, 0.29) is 11.9 Å². The van der Waals surface area contributed by atoms with Crippen molar-refractivity contribution >= 4 is 17.5 Å². The average molecular weight is 310 g/mol. The van der Waals surface area contributed by atoms with Gasteiger partial charge in [0, 0.05) is 11.6 Å². The topological polar surface area (TPSA) is 33.5 Å². The summed E-state index contributed by atoms with van der Waals surface area (Å²) >= 11 is 6.12. The number of amides is 1. The fourth-order valence-electron chi connectivity index (χ4n) is 2.96. The summed E-state index contributed by atoms with van der Waals surface area (Å²) in [4.78, 5) is 13.8. The second kappa shape index (κ2) is 8.40. The molecule has 21 heavy (non-hydrogen) atoms. The van der Waals surface area contributed by atoms with Crippen molar-refractivity contribution in [2.24, 2.45) is 0 Å². The summed E-state index contributed by atoms with van der Waals surface area (Å²) in [7, 11) is 0. The van der Waals surface area contributed by atoms with E-state index >= 15 is 0 Å². The first-order valence-electron chi connectivity index (χ1n) is 8.04. The zero-order valence-electron chi connectivity index (χ0n) is 12.8. The smallest absolute Gasteiger partial charge is 0.278 e. The third-order valence-electron chi connectivity index (χ3n) is 4.41. The average Bonchev–Trinajstić information content (AvgIpc) is 2.45. The van der Waals surface area contributed by atoms with Crippen LogP contribution in [0.2, 0.25) is 5.02 Å². The molecule has 0 aliphatic carbocycles. The molecule has 1 fully saturated rings. The summed E-state index contributed by atoms with van der Waals surface area (Å²) in [6, 6.07) is 7.68. The highest BCUT2D eigenvalue weighted by molar-refractivity contribution is 6.31. The monoisotopic (exact) mass is 309 g/mol. The SMILES string of the molecule is C[C@@H](C(=O)NCc1ccccc1Cl)[NH+]1CCCCCCC1. The Kier molecular flexibility index (Phi) is 6.52. The van der Waals surface area contributed by atoms with E-state index in [2.05, 4.69) is 5.32 Å². The number of carbonyl (C=O) groups is 1. The van der Waals surface area contributed by atoms with Gasteiger partial charge in [0.15, 0.2) is 6.04 Å². The summed E-state index contributed by atoms with van der Waals surface area (Å²) < 4.78 is 0. The van der Waals surface area contributed by atoms with Gasteiger partial charge in [0.2, 0.25) is 0 Å². The van der Waals surface area contributed by atoms with Crippen LogP contribution in [0.3, 0.4) is 0 Å². The van der Waals surface area contributed by atoms with E-state index in [1.165, 1.54) is 37.0 Å². The fraction of sp³-hybridized carbons (Fsp3) is 0.588. The zero-order valence-corrected chi connectivity index (χ0v) is 13.6. The zero-order chi connectivity index (χ0) is 15.1. The lowest BCUT2D eigenvalue weighted by Crippen LogP contribution is -3.16. The molecule has 1 aromatic carbocycles. The molecule has 0 saturated carbocycles. The first kappa shape index (κ1) is 16.3. The molecule has 0 radical (unpaired) electrons. The third kappa shape index (κ3) is 5.01. The van der Waals surface area contributed by atoms with Crippen molar-refractivity contribution in [3.8, 4) is 0 Å².